The number of amides is 1. The topological polar surface area (TPSA) is 78.1 Å². The Morgan fingerprint density at radius 2 is 2.00 bits per heavy atom. The molecule has 1 amide bonds. The normalized spacial score (nSPS) is 11.6. The molecule has 1 atom stereocenters. The van der Waals surface area contributed by atoms with Gasteiger partial charge in [0.25, 0.3) is 0 Å². The van der Waals surface area contributed by atoms with Crippen LogP contribution in [-0.2, 0) is 11.4 Å². The van der Waals surface area contributed by atoms with E-state index in [2.05, 4.69) is 45.4 Å². The van der Waals surface area contributed by atoms with Gasteiger partial charge in [-0.2, -0.15) is 0 Å². The van der Waals surface area contributed by atoms with Crippen LogP contribution < -0.4 is 10.5 Å². The Morgan fingerprint density at radius 3 is 2.72 bits per heavy atom. The van der Waals surface area contributed by atoms with E-state index in [-0.39, 0.29) is 18.2 Å². The highest BCUT2D eigenvalue weighted by molar-refractivity contribution is 7.17. The van der Waals surface area contributed by atoms with Crippen molar-refractivity contribution >= 4 is 27.3 Å². The smallest absolute Gasteiger partial charge is 0.219 e. The minimum atomic E-state index is -0.362. The molecular weight excluding hydrogens is 418 g/mol. The number of carbonyl (C=O) groups excluding carboxylic acids is 1. The number of hydrogen-bond donors (Lipinski definition) is 1. The number of nitrogens with zero attached hydrogens (tertiary/aromatic N) is 2. The van der Waals surface area contributed by atoms with Crippen molar-refractivity contribution in [2.75, 3.05) is 0 Å². The fourth-order valence-electron chi connectivity index (χ4n) is 3.62. The average Bonchev–Trinajstić information content (AvgIpc) is 3.21. The van der Waals surface area contributed by atoms with E-state index in [4.69, 9.17) is 10.5 Å². The second kappa shape index (κ2) is 9.63. The van der Waals surface area contributed by atoms with E-state index in [9.17, 15) is 4.79 Å². The summed E-state index contributed by atoms with van der Waals surface area (Å²) in [6.07, 6.45) is 3.64. The number of aryl methyl sites for hydroxylation is 1. The minimum absolute atomic E-state index is 0.198. The highest BCUT2D eigenvalue weighted by atomic mass is 32.1. The molecule has 6 heteroatoms. The van der Waals surface area contributed by atoms with Crippen molar-refractivity contribution < 1.29 is 9.53 Å². The molecule has 0 aliphatic rings. The predicted octanol–water partition coefficient (Wildman–Crippen LogP) is 5.23. The molecule has 2 aromatic carbocycles. The van der Waals surface area contributed by atoms with E-state index >= 15 is 0 Å². The summed E-state index contributed by atoms with van der Waals surface area (Å²) >= 11 is 1.71. The lowest BCUT2D eigenvalue weighted by molar-refractivity contribution is -0.118. The molecule has 2 aromatic heterocycles. The number of ether oxygens (including phenoxy) is 1. The standard InChI is InChI=1S/C26H23N3O2S/c1-3-4-20(12-26(27)30)19-6-8-21(9-7-19)31-14-18-5-10-25-22(11-18)24(15-32-25)23-13-28-16-29-17(23)2/h5-11,13,15-16,20H,12,14H2,1-2H3,(H2,27,30)/t20-/m0/s1. The van der Waals surface area contributed by atoms with E-state index in [1.807, 2.05) is 37.4 Å². The van der Waals surface area contributed by atoms with Gasteiger partial charge in [-0.15, -0.1) is 17.3 Å². The Kier molecular flexibility index (Phi) is 6.48. The second-order valence-electron chi connectivity index (χ2n) is 7.48. The molecule has 0 aliphatic carbocycles. The summed E-state index contributed by atoms with van der Waals surface area (Å²) in [6.45, 7) is 4.21. The van der Waals surface area contributed by atoms with Crippen molar-refractivity contribution in [3.05, 3.63) is 77.2 Å². The molecule has 0 unspecified atom stereocenters. The third-order valence-corrected chi connectivity index (χ3v) is 6.21. The summed E-state index contributed by atoms with van der Waals surface area (Å²) in [5, 5.41) is 3.33. The Bertz CT molecular complexity index is 1320. The van der Waals surface area contributed by atoms with Gasteiger partial charge in [0, 0.05) is 39.5 Å². The van der Waals surface area contributed by atoms with Crippen LogP contribution >= 0.6 is 11.3 Å². The maximum absolute atomic E-state index is 11.3. The highest BCUT2D eigenvalue weighted by Crippen LogP contribution is 2.35. The van der Waals surface area contributed by atoms with Crippen molar-refractivity contribution in [3.63, 3.8) is 0 Å². The van der Waals surface area contributed by atoms with Crippen molar-refractivity contribution in [1.82, 2.24) is 9.97 Å². The molecule has 160 valence electrons. The molecule has 32 heavy (non-hydrogen) atoms. The number of aromatic nitrogens is 2. The molecule has 2 N–H and O–H groups in total. The highest BCUT2D eigenvalue weighted by Gasteiger charge is 2.13. The number of rotatable bonds is 7. The Morgan fingerprint density at radius 1 is 1.19 bits per heavy atom. The lowest BCUT2D eigenvalue weighted by Crippen LogP contribution is -2.14. The zero-order chi connectivity index (χ0) is 22.5. The van der Waals surface area contributed by atoms with Gasteiger partial charge in [0.05, 0.1) is 5.92 Å². The molecule has 4 aromatic rings. The van der Waals surface area contributed by atoms with E-state index in [0.717, 1.165) is 33.7 Å². The monoisotopic (exact) mass is 441 g/mol. The van der Waals surface area contributed by atoms with Gasteiger partial charge in [0.1, 0.15) is 18.7 Å². The quantitative estimate of drug-likeness (QED) is 0.399. The molecule has 5 nitrogen and oxygen atoms in total. The van der Waals surface area contributed by atoms with Gasteiger partial charge in [-0.25, -0.2) is 9.97 Å². The second-order valence-corrected chi connectivity index (χ2v) is 8.39. The number of primary amides is 1. The van der Waals surface area contributed by atoms with E-state index in [0.29, 0.717) is 6.61 Å². The fraction of sp³-hybridized carbons (Fsp3) is 0.192. The molecule has 0 spiro atoms. The summed E-state index contributed by atoms with van der Waals surface area (Å²) in [5.41, 5.74) is 10.5. The van der Waals surface area contributed by atoms with Gasteiger partial charge < -0.3 is 10.5 Å². The van der Waals surface area contributed by atoms with Crippen molar-refractivity contribution in [1.29, 1.82) is 0 Å². The summed E-state index contributed by atoms with van der Waals surface area (Å²) < 4.78 is 7.23. The fourth-order valence-corrected chi connectivity index (χ4v) is 4.56. The Hall–Kier alpha value is -3.69. The zero-order valence-corrected chi connectivity index (χ0v) is 18.8. The summed E-state index contributed by atoms with van der Waals surface area (Å²) in [7, 11) is 0. The van der Waals surface area contributed by atoms with Crippen LogP contribution in [0.25, 0.3) is 21.2 Å². The van der Waals surface area contributed by atoms with Crippen LogP contribution in [0.3, 0.4) is 0 Å². The van der Waals surface area contributed by atoms with Crippen LogP contribution in [0.2, 0.25) is 0 Å². The molecule has 2 heterocycles. The average molecular weight is 442 g/mol. The number of nitrogens with two attached hydrogens (primary N) is 1. The summed E-state index contributed by atoms with van der Waals surface area (Å²) in [4.78, 5) is 19.8. The Labute approximate surface area is 191 Å². The molecule has 0 radical (unpaired) electrons. The number of thiophene rings is 1. The first-order chi connectivity index (χ1) is 15.5. The van der Waals surface area contributed by atoms with Crippen molar-refractivity contribution in [2.45, 2.75) is 32.8 Å². The van der Waals surface area contributed by atoms with Gasteiger partial charge in [-0.1, -0.05) is 24.1 Å². The lowest BCUT2D eigenvalue weighted by Gasteiger charge is -2.11. The van der Waals surface area contributed by atoms with Gasteiger partial charge in [-0.3, -0.25) is 4.79 Å². The number of benzene rings is 2. The summed E-state index contributed by atoms with van der Waals surface area (Å²) in [6, 6.07) is 14.1. The lowest BCUT2D eigenvalue weighted by atomic mass is 9.96. The van der Waals surface area contributed by atoms with E-state index in [1.165, 1.54) is 10.1 Å². The molecule has 0 bridgehead atoms. The predicted molar refractivity (Wildman–Crippen MR) is 128 cm³/mol. The molecule has 0 aliphatic heterocycles. The number of fused-ring (bicyclic) bond motifs is 1. The first-order valence-electron chi connectivity index (χ1n) is 10.3. The van der Waals surface area contributed by atoms with Crippen molar-refractivity contribution in [3.8, 4) is 28.7 Å². The third kappa shape index (κ3) is 4.79. The first-order valence-corrected chi connectivity index (χ1v) is 11.1. The van der Waals surface area contributed by atoms with Crippen LogP contribution in [-0.4, -0.2) is 15.9 Å². The van der Waals surface area contributed by atoms with Crippen molar-refractivity contribution in [2.24, 2.45) is 5.73 Å². The molecule has 0 fully saturated rings. The van der Waals surface area contributed by atoms with Gasteiger partial charge in [0.15, 0.2) is 0 Å². The molecule has 0 saturated carbocycles. The van der Waals surface area contributed by atoms with Crippen LogP contribution in [0.4, 0.5) is 0 Å². The van der Waals surface area contributed by atoms with Crippen LogP contribution in [0.5, 0.6) is 5.75 Å². The van der Waals surface area contributed by atoms with Gasteiger partial charge >= 0.3 is 0 Å². The largest absolute Gasteiger partial charge is 0.489 e. The third-order valence-electron chi connectivity index (χ3n) is 5.25. The van der Waals surface area contributed by atoms with E-state index in [1.54, 1.807) is 24.6 Å². The number of carbonyl (C=O) groups is 1. The maximum Gasteiger partial charge on any atom is 0.219 e. The van der Waals surface area contributed by atoms with Crippen LogP contribution in [0, 0.1) is 18.8 Å². The molecular formula is C26H23N3O2S. The first kappa shape index (κ1) is 21.5. The van der Waals surface area contributed by atoms with E-state index < -0.39 is 0 Å². The van der Waals surface area contributed by atoms with Crippen LogP contribution in [0.15, 0.2) is 60.4 Å². The number of hydrogen-bond acceptors (Lipinski definition) is 5. The van der Waals surface area contributed by atoms with Gasteiger partial charge in [0.2, 0.25) is 5.91 Å². The van der Waals surface area contributed by atoms with Crippen LogP contribution in [0.1, 0.15) is 36.1 Å². The maximum atomic E-state index is 11.3. The summed E-state index contributed by atoms with van der Waals surface area (Å²) in [5.74, 6) is 6.11. The molecule has 0 saturated heterocycles. The molecule has 4 rings (SSSR count). The zero-order valence-electron chi connectivity index (χ0n) is 18.0. The SMILES string of the molecule is CC#C[C@@H](CC(N)=O)c1ccc(OCc2ccc3scc(-c4cncnc4C)c3c2)cc1. The Balaban J connectivity index is 1.51. The van der Waals surface area contributed by atoms with Gasteiger partial charge in [-0.05, 0) is 54.6 Å². The minimum Gasteiger partial charge on any atom is -0.489 e.